The molecule has 1 heterocycles. The van der Waals surface area contributed by atoms with E-state index in [4.69, 9.17) is 10.5 Å². The number of alkyl halides is 2. The highest BCUT2D eigenvalue weighted by molar-refractivity contribution is 5.81. The highest BCUT2D eigenvalue weighted by Crippen LogP contribution is 2.40. The Balaban J connectivity index is 2.43. The van der Waals surface area contributed by atoms with Crippen molar-refractivity contribution < 1.29 is 18.4 Å². The van der Waals surface area contributed by atoms with Gasteiger partial charge < -0.3 is 15.4 Å². The van der Waals surface area contributed by atoms with Crippen molar-refractivity contribution in [3.63, 3.8) is 0 Å². The fraction of sp³-hybridized carbons (Fsp3) is 0.429. The molecule has 0 radical (unpaired) electrons. The Bertz CT molecular complexity index is 605. The zero-order valence-corrected chi connectivity index (χ0v) is 12.1. The largest absolute Gasteiger partial charge is 0.485 e. The normalized spacial score (nSPS) is 15.7. The number of nitrogens with two attached hydrogens (primary N) is 1. The number of hydrogen-bond donors (Lipinski definition) is 1. The topological polar surface area (TPSA) is 81.6 Å². The molecule has 0 saturated heterocycles. The van der Waals surface area contributed by atoms with Gasteiger partial charge in [-0.15, -0.1) is 0 Å². The van der Waals surface area contributed by atoms with Gasteiger partial charge >= 0.3 is 0 Å². The van der Waals surface area contributed by atoms with Crippen LogP contribution >= 0.6 is 0 Å². The Kier molecular flexibility index (Phi) is 4.92. The summed E-state index contributed by atoms with van der Waals surface area (Å²) in [6.07, 6.45) is -0.0454. The second-order valence-electron chi connectivity index (χ2n) is 5.08. The Labute approximate surface area is 126 Å². The van der Waals surface area contributed by atoms with Crippen LogP contribution < -0.4 is 10.5 Å². The van der Waals surface area contributed by atoms with E-state index in [1.165, 1.54) is 12.1 Å². The molecule has 1 aliphatic heterocycles. The molecule has 8 heteroatoms. The summed E-state index contributed by atoms with van der Waals surface area (Å²) in [6.45, 7) is 0.656. The van der Waals surface area contributed by atoms with Crippen LogP contribution in [-0.2, 0) is 0 Å². The standard InChI is InChI=1S/C14H17F2N3O3/c1-18-6-4-9(5-7-18)10-2-3-11(19(20)21)13(17)14(10)22-8-12(15)16/h2-4,12H,5-8,17H2,1H3. The third-order valence-corrected chi connectivity index (χ3v) is 3.48. The molecule has 1 aliphatic rings. The van der Waals surface area contributed by atoms with E-state index in [2.05, 4.69) is 4.90 Å². The van der Waals surface area contributed by atoms with Crippen molar-refractivity contribution in [2.45, 2.75) is 12.8 Å². The van der Waals surface area contributed by atoms with Gasteiger partial charge in [-0.25, -0.2) is 8.78 Å². The van der Waals surface area contributed by atoms with Crippen LogP contribution in [0, 0.1) is 10.1 Å². The van der Waals surface area contributed by atoms with E-state index in [9.17, 15) is 18.9 Å². The van der Waals surface area contributed by atoms with Crippen molar-refractivity contribution >= 4 is 16.9 Å². The molecule has 0 unspecified atom stereocenters. The maximum Gasteiger partial charge on any atom is 0.295 e. The fourth-order valence-corrected chi connectivity index (χ4v) is 2.32. The number of ether oxygens (including phenoxy) is 1. The van der Waals surface area contributed by atoms with Gasteiger partial charge in [-0.1, -0.05) is 6.08 Å². The molecule has 0 spiro atoms. The number of halogens is 2. The maximum atomic E-state index is 12.4. The lowest BCUT2D eigenvalue weighted by molar-refractivity contribution is -0.384. The van der Waals surface area contributed by atoms with E-state index < -0.39 is 18.0 Å². The van der Waals surface area contributed by atoms with Crippen LogP contribution in [0.3, 0.4) is 0 Å². The number of anilines is 1. The molecule has 1 aromatic rings. The molecular weight excluding hydrogens is 296 g/mol. The van der Waals surface area contributed by atoms with Crippen LogP contribution in [0.2, 0.25) is 0 Å². The Morgan fingerprint density at radius 1 is 1.50 bits per heavy atom. The van der Waals surface area contributed by atoms with Crippen molar-refractivity contribution in [1.29, 1.82) is 0 Å². The molecule has 120 valence electrons. The molecule has 0 bridgehead atoms. The number of nitrogens with zero attached hydrogens (tertiary/aromatic N) is 2. The number of hydrogen-bond acceptors (Lipinski definition) is 5. The van der Waals surface area contributed by atoms with Crippen molar-refractivity contribution in [2.24, 2.45) is 0 Å². The fourth-order valence-electron chi connectivity index (χ4n) is 2.32. The summed E-state index contributed by atoms with van der Waals surface area (Å²) < 4.78 is 29.9. The lowest BCUT2D eigenvalue weighted by Gasteiger charge is -2.23. The van der Waals surface area contributed by atoms with Crippen LogP contribution in [0.5, 0.6) is 5.75 Å². The minimum Gasteiger partial charge on any atom is -0.485 e. The highest BCUT2D eigenvalue weighted by atomic mass is 19.3. The molecular formula is C14H17F2N3O3. The summed E-state index contributed by atoms with van der Waals surface area (Å²) in [5.41, 5.74) is 6.62. The molecule has 0 fully saturated rings. The van der Waals surface area contributed by atoms with Gasteiger partial charge in [0.1, 0.15) is 6.61 Å². The van der Waals surface area contributed by atoms with E-state index in [0.717, 1.165) is 12.1 Å². The first-order valence-electron chi connectivity index (χ1n) is 6.76. The molecule has 0 saturated carbocycles. The predicted molar refractivity (Wildman–Crippen MR) is 79.1 cm³/mol. The minimum atomic E-state index is -2.68. The molecule has 22 heavy (non-hydrogen) atoms. The van der Waals surface area contributed by atoms with Gasteiger partial charge in [-0.2, -0.15) is 0 Å². The van der Waals surface area contributed by atoms with Gasteiger partial charge in [-0.05, 0) is 25.1 Å². The minimum absolute atomic E-state index is 0.0368. The molecule has 2 rings (SSSR count). The number of nitro groups is 1. The number of nitro benzene ring substituents is 1. The number of likely N-dealkylation sites (N-methyl/N-ethyl adjacent to an activating group) is 1. The third-order valence-electron chi connectivity index (χ3n) is 3.48. The number of rotatable bonds is 5. The average Bonchev–Trinajstić information content (AvgIpc) is 2.46. The van der Waals surface area contributed by atoms with Crippen molar-refractivity contribution in [3.8, 4) is 5.75 Å². The van der Waals surface area contributed by atoms with Crippen LogP contribution in [0.1, 0.15) is 12.0 Å². The van der Waals surface area contributed by atoms with Gasteiger partial charge in [0, 0.05) is 24.7 Å². The average molecular weight is 313 g/mol. The zero-order valence-electron chi connectivity index (χ0n) is 12.1. The van der Waals surface area contributed by atoms with Crippen LogP contribution in [0.15, 0.2) is 18.2 Å². The summed E-state index contributed by atoms with van der Waals surface area (Å²) in [4.78, 5) is 12.4. The van der Waals surface area contributed by atoms with E-state index in [-0.39, 0.29) is 17.1 Å². The number of nitrogen functional groups attached to an aromatic ring is 1. The van der Waals surface area contributed by atoms with E-state index in [1.54, 1.807) is 0 Å². The summed E-state index contributed by atoms with van der Waals surface area (Å²) in [5.74, 6) is -0.0368. The molecule has 6 nitrogen and oxygen atoms in total. The van der Waals surface area contributed by atoms with Crippen LogP contribution in [0.4, 0.5) is 20.2 Å². The van der Waals surface area contributed by atoms with E-state index in [0.29, 0.717) is 18.5 Å². The second kappa shape index (κ2) is 6.69. The first-order valence-corrected chi connectivity index (χ1v) is 6.76. The van der Waals surface area contributed by atoms with Crippen molar-refractivity contribution in [3.05, 3.63) is 33.9 Å². The summed E-state index contributed by atoms with van der Waals surface area (Å²) in [7, 11) is 1.96. The monoisotopic (exact) mass is 313 g/mol. The van der Waals surface area contributed by atoms with Crippen LogP contribution in [0.25, 0.3) is 5.57 Å². The Hall–Kier alpha value is -2.22. The van der Waals surface area contributed by atoms with Crippen molar-refractivity contribution in [2.75, 3.05) is 32.5 Å². The molecule has 0 atom stereocenters. The number of benzene rings is 1. The Morgan fingerprint density at radius 2 is 2.23 bits per heavy atom. The molecule has 1 aromatic carbocycles. The third kappa shape index (κ3) is 3.51. The Morgan fingerprint density at radius 3 is 2.77 bits per heavy atom. The first-order chi connectivity index (χ1) is 10.4. The lowest BCUT2D eigenvalue weighted by Crippen LogP contribution is -2.24. The first kappa shape index (κ1) is 16.2. The molecule has 2 N–H and O–H groups in total. The zero-order chi connectivity index (χ0) is 16.3. The van der Waals surface area contributed by atoms with Gasteiger partial charge in [0.25, 0.3) is 12.1 Å². The van der Waals surface area contributed by atoms with E-state index in [1.807, 2.05) is 13.1 Å². The molecule has 0 aromatic heterocycles. The molecule has 0 aliphatic carbocycles. The quantitative estimate of drug-likeness (QED) is 0.513. The predicted octanol–water partition coefficient (Wildman–Crippen LogP) is 2.54. The van der Waals surface area contributed by atoms with E-state index >= 15 is 0 Å². The summed E-state index contributed by atoms with van der Waals surface area (Å²) in [6, 6.07) is 2.78. The van der Waals surface area contributed by atoms with Gasteiger partial charge in [-0.3, -0.25) is 10.1 Å². The van der Waals surface area contributed by atoms with Gasteiger partial charge in [0.2, 0.25) is 0 Å². The lowest BCUT2D eigenvalue weighted by atomic mass is 9.97. The molecule has 0 amide bonds. The summed E-state index contributed by atoms with van der Waals surface area (Å²) in [5, 5.41) is 10.9. The van der Waals surface area contributed by atoms with Gasteiger partial charge in [0.15, 0.2) is 11.4 Å². The highest BCUT2D eigenvalue weighted by Gasteiger charge is 2.23. The second-order valence-corrected chi connectivity index (χ2v) is 5.08. The van der Waals surface area contributed by atoms with Crippen LogP contribution in [-0.4, -0.2) is 43.0 Å². The maximum absolute atomic E-state index is 12.4. The van der Waals surface area contributed by atoms with Gasteiger partial charge in [0.05, 0.1) is 4.92 Å². The summed E-state index contributed by atoms with van der Waals surface area (Å²) >= 11 is 0. The smallest absolute Gasteiger partial charge is 0.295 e. The SMILES string of the molecule is CN1CC=C(c2ccc([N+](=O)[O-])c(N)c2OCC(F)F)CC1. The van der Waals surface area contributed by atoms with Crippen molar-refractivity contribution in [1.82, 2.24) is 4.90 Å².